The first-order valence-electron chi connectivity index (χ1n) is 27.4. The van der Waals surface area contributed by atoms with E-state index >= 15 is 0 Å². The Hall–Kier alpha value is -7.63. The summed E-state index contributed by atoms with van der Waals surface area (Å²) in [6, 6.07) is 70.7. The molecule has 0 bridgehead atoms. The van der Waals surface area contributed by atoms with Crippen molar-refractivity contribution >= 4 is 44.0 Å². The van der Waals surface area contributed by atoms with Gasteiger partial charge in [0.1, 0.15) is 5.58 Å². The average molecular weight is 1160 g/mol. The van der Waals surface area contributed by atoms with E-state index in [4.69, 9.17) is 18.5 Å². The van der Waals surface area contributed by atoms with Crippen LogP contribution in [0.2, 0.25) is 0 Å². The monoisotopic (exact) mass is 1160 g/mol. The minimum Gasteiger partial charge on any atom is -0.500 e. The summed E-state index contributed by atoms with van der Waals surface area (Å²) in [5, 5.41) is 1.58. The molecule has 0 N–H and O–H groups in total. The summed E-state index contributed by atoms with van der Waals surface area (Å²) in [7, 11) is 0. The zero-order valence-electron chi connectivity index (χ0n) is 46.7. The summed E-state index contributed by atoms with van der Waals surface area (Å²) in [6.07, 6.45) is 0. The number of aryl methyl sites for hydroxylation is 1. The van der Waals surface area contributed by atoms with Crippen LogP contribution >= 0.6 is 0 Å². The molecule has 0 amide bonds. The second-order valence-corrected chi connectivity index (χ2v) is 20.5. The van der Waals surface area contributed by atoms with Gasteiger partial charge in [-0.3, -0.25) is 9.97 Å². The molecule has 6 heteroatoms. The third kappa shape index (κ3) is 9.36. The fourth-order valence-electron chi connectivity index (χ4n) is 10.6. The van der Waals surface area contributed by atoms with Gasteiger partial charge in [0.25, 0.3) is 0 Å². The van der Waals surface area contributed by atoms with Gasteiger partial charge in [0.2, 0.25) is 0 Å². The predicted molar refractivity (Wildman–Crippen MR) is 310 cm³/mol. The van der Waals surface area contributed by atoms with Crippen molar-refractivity contribution in [3.05, 3.63) is 228 Å². The molecule has 5 nitrogen and oxygen atoms in total. The number of hydrogen-bond donors (Lipinski definition) is 0. The summed E-state index contributed by atoms with van der Waals surface area (Å²) < 4.78 is 37.2. The van der Waals surface area contributed by atoms with Gasteiger partial charge >= 0.3 is 0 Å². The largest absolute Gasteiger partial charge is 0.500 e. The molecule has 0 saturated heterocycles. The van der Waals surface area contributed by atoms with Crippen molar-refractivity contribution in [2.24, 2.45) is 0 Å². The molecule has 0 fully saturated rings. The summed E-state index contributed by atoms with van der Waals surface area (Å²) >= 11 is 0. The first kappa shape index (κ1) is 47.1. The summed E-state index contributed by atoms with van der Waals surface area (Å²) in [5.41, 5.74) is 18.2. The summed E-state index contributed by atoms with van der Waals surface area (Å²) in [5.74, 6) is 2.92. The number of furan rings is 1. The van der Waals surface area contributed by atoms with Gasteiger partial charge in [-0.2, -0.15) is 0 Å². The maximum Gasteiger partial charge on any atom is 0.124 e. The van der Waals surface area contributed by atoms with Gasteiger partial charge in [-0.25, -0.2) is 0 Å². The minimum atomic E-state index is -2.41. The topological polar surface area (TPSA) is 48.8 Å². The fraction of sp³-hybridized carbons (Fsp3) is 0.188. The predicted octanol–water partition coefficient (Wildman–Crippen LogP) is 19.0. The molecule has 12 aromatic rings. The first-order valence-corrected chi connectivity index (χ1v) is 25.9. The van der Waals surface area contributed by atoms with Gasteiger partial charge in [-0.05, 0) is 117 Å². The maximum absolute atomic E-state index is 8.61. The molecule has 9 aromatic carbocycles. The Balaban J connectivity index is 0.000000208. The van der Waals surface area contributed by atoms with Crippen molar-refractivity contribution in [1.82, 2.24) is 19.1 Å². The second-order valence-electron chi connectivity index (χ2n) is 20.5. The van der Waals surface area contributed by atoms with E-state index in [1.807, 2.05) is 97.1 Å². The Morgan fingerprint density at radius 3 is 1.55 bits per heavy atom. The van der Waals surface area contributed by atoms with E-state index in [9.17, 15) is 0 Å². The smallest absolute Gasteiger partial charge is 0.124 e. The number of hydrogen-bond acceptors (Lipinski definition) is 3. The van der Waals surface area contributed by atoms with Gasteiger partial charge in [-0.1, -0.05) is 182 Å². The molecule has 375 valence electrons. The number of rotatable bonds is 10. The summed E-state index contributed by atoms with van der Waals surface area (Å²) in [6.45, 7) is 15.6. The Morgan fingerprint density at radius 1 is 0.453 bits per heavy atom. The molecule has 0 aliphatic carbocycles. The molecule has 75 heavy (non-hydrogen) atoms. The zero-order valence-corrected chi connectivity index (χ0v) is 46.1. The molecule has 0 aliphatic heterocycles. The van der Waals surface area contributed by atoms with Crippen LogP contribution < -0.4 is 0 Å². The molecule has 0 atom stereocenters. The fourth-order valence-corrected chi connectivity index (χ4v) is 10.6. The van der Waals surface area contributed by atoms with Crippen LogP contribution in [0.25, 0.3) is 100 Å². The second kappa shape index (κ2) is 21.3. The van der Waals surface area contributed by atoms with Crippen molar-refractivity contribution in [3.8, 4) is 56.4 Å². The van der Waals surface area contributed by atoms with Crippen molar-refractivity contribution in [2.45, 2.75) is 85.9 Å². The van der Waals surface area contributed by atoms with Crippen LogP contribution in [0.3, 0.4) is 0 Å². The van der Waals surface area contributed by atoms with E-state index in [2.05, 4.69) is 168 Å². The number of nitrogens with zero attached hydrogens (tertiary/aromatic N) is 4. The molecular formula is C69H62IrN4O-2. The maximum atomic E-state index is 8.61. The minimum absolute atomic E-state index is 0. The van der Waals surface area contributed by atoms with Crippen molar-refractivity contribution in [2.75, 3.05) is 0 Å². The van der Waals surface area contributed by atoms with Crippen LogP contribution in [-0.4, -0.2) is 19.1 Å². The average Bonchev–Trinajstić information content (AvgIpc) is 4.32. The van der Waals surface area contributed by atoms with Crippen molar-refractivity contribution < 1.29 is 28.6 Å². The quantitative estimate of drug-likeness (QED) is 0.128. The molecular weight excluding hydrogens is 1090 g/mol. The Bertz CT molecular complexity index is 4040. The van der Waals surface area contributed by atoms with E-state index in [1.54, 1.807) is 0 Å². The number of benzene rings is 9. The normalized spacial score (nSPS) is 12.4. The van der Waals surface area contributed by atoms with Crippen molar-refractivity contribution in [1.29, 1.82) is 0 Å². The van der Waals surface area contributed by atoms with Crippen LogP contribution in [0.5, 0.6) is 0 Å². The number of fused-ring (bicyclic) bond motifs is 5. The third-order valence-corrected chi connectivity index (χ3v) is 14.3. The Kier molecular flexibility index (Phi) is 13.4. The molecule has 0 aliphatic rings. The van der Waals surface area contributed by atoms with Gasteiger partial charge in [-0.15, -0.1) is 54.1 Å². The molecule has 3 aromatic heterocycles. The van der Waals surface area contributed by atoms with Crippen LogP contribution in [0.1, 0.15) is 111 Å². The number of aromatic nitrogens is 4. The van der Waals surface area contributed by atoms with E-state index in [1.165, 1.54) is 39.1 Å². The number of para-hydroxylation sites is 5. The SMILES string of the molecule is CC(C)c1cccc(C(C)C)c1-n1c(-c2[c-]cccc2)nc2ccccc21.[2H]C([2H])([2H])c1c(-c2ccccc2)ccc2c1oc1c(-c3nc4ccccc4n3-c3c(C(C)C)cc(-c4ccccc4)cc3C(C)C)[c-]ccc12.[Ir]. The first-order chi connectivity index (χ1) is 37.2. The van der Waals surface area contributed by atoms with Gasteiger partial charge < -0.3 is 13.6 Å². The Labute approximate surface area is 459 Å². The summed E-state index contributed by atoms with van der Waals surface area (Å²) in [4.78, 5) is 10.2. The van der Waals surface area contributed by atoms with Gasteiger partial charge in [0.15, 0.2) is 0 Å². The van der Waals surface area contributed by atoms with Crippen LogP contribution in [0, 0.1) is 19.0 Å². The molecule has 12 rings (SSSR count). The van der Waals surface area contributed by atoms with Gasteiger partial charge in [0.05, 0.1) is 39.3 Å². The standard InChI is InChI=1S/C44H37N2O.C25H25N2.Ir/c1-27(2)37-25-32(30-15-8-6-9-16-30)26-38(28(3)4)41(37)46-40-22-13-12-21-39(40)45-44(46)36-20-14-19-34-35-24-23-33(31-17-10-7-11-18-31)29(5)42(35)47-43(34)36;1-17(2)20-13-10-14-21(18(3)4)24(20)27-23-16-9-8-15-22(23)26-25(27)19-11-6-5-7-12-19;/h6-19,21-28H,1-5H3;5-11,13-18H,1-4H3;/q2*-1;/i5D3;;. The van der Waals surface area contributed by atoms with Gasteiger partial charge in [0, 0.05) is 41.0 Å². The molecule has 3 heterocycles. The van der Waals surface area contributed by atoms with E-state index < -0.39 is 6.85 Å². The van der Waals surface area contributed by atoms with E-state index in [-0.39, 0.29) is 37.5 Å². The van der Waals surface area contributed by atoms with Crippen LogP contribution in [0.4, 0.5) is 0 Å². The number of imidazole rings is 2. The Morgan fingerprint density at radius 2 is 0.973 bits per heavy atom. The molecule has 0 spiro atoms. The van der Waals surface area contributed by atoms with Crippen molar-refractivity contribution in [3.63, 3.8) is 0 Å². The van der Waals surface area contributed by atoms with E-state index in [0.29, 0.717) is 40.0 Å². The van der Waals surface area contributed by atoms with E-state index in [0.717, 1.165) is 55.5 Å². The molecule has 0 saturated carbocycles. The van der Waals surface area contributed by atoms with Crippen LogP contribution in [-0.2, 0) is 20.1 Å². The zero-order chi connectivity index (χ0) is 53.7. The molecule has 1 radical (unpaired) electrons. The van der Waals surface area contributed by atoms with Crippen LogP contribution in [0.15, 0.2) is 192 Å². The third-order valence-electron chi connectivity index (χ3n) is 14.3. The molecule has 0 unspecified atom stereocenters.